The van der Waals surface area contributed by atoms with Crippen LogP contribution in [0.25, 0.3) is 0 Å². The van der Waals surface area contributed by atoms with Crippen molar-refractivity contribution < 1.29 is 9.53 Å². The summed E-state index contributed by atoms with van der Waals surface area (Å²) in [6.45, 7) is 8.24. The lowest BCUT2D eigenvalue weighted by molar-refractivity contribution is -0.116. The fourth-order valence-corrected chi connectivity index (χ4v) is 1.49. The largest absolute Gasteiger partial charge is 0.481 e. The molecule has 0 heterocycles. The maximum atomic E-state index is 10.9. The summed E-state index contributed by atoms with van der Waals surface area (Å²) in [5.41, 5.74) is 1.17. The Morgan fingerprint density at radius 3 is 2.37 bits per heavy atom. The third kappa shape index (κ3) is 7.31. The van der Waals surface area contributed by atoms with Crippen molar-refractivity contribution in [1.82, 2.24) is 0 Å². The Bertz CT molecular complexity index is 467. The van der Waals surface area contributed by atoms with Gasteiger partial charge < -0.3 is 9.53 Å². The summed E-state index contributed by atoms with van der Waals surface area (Å²) >= 11 is 0. The molecule has 0 aromatic heterocycles. The Morgan fingerprint density at radius 1 is 1.21 bits per heavy atom. The third-order valence-corrected chi connectivity index (χ3v) is 2.46. The summed E-state index contributed by atoms with van der Waals surface area (Å²) < 4.78 is 5.54. The minimum atomic E-state index is 0.0138. The lowest BCUT2D eigenvalue weighted by Gasteiger charge is -2.07. The monoisotopic (exact) mass is 258 g/mol. The Balaban J connectivity index is 2.43. The molecule has 1 rings (SSSR count). The van der Waals surface area contributed by atoms with E-state index in [1.807, 2.05) is 24.3 Å². The molecule has 0 unspecified atom stereocenters. The molecular formula is C17H22O2. The van der Waals surface area contributed by atoms with Gasteiger partial charge in [-0.15, -0.1) is 0 Å². The molecule has 102 valence electrons. The number of benzene rings is 1. The molecule has 0 aliphatic carbocycles. The van der Waals surface area contributed by atoms with Crippen molar-refractivity contribution in [3.63, 3.8) is 0 Å². The van der Waals surface area contributed by atoms with E-state index in [2.05, 4.69) is 32.6 Å². The van der Waals surface area contributed by atoms with Crippen LogP contribution in [0, 0.1) is 17.3 Å². The molecule has 0 radical (unpaired) electrons. The molecule has 0 atom stereocenters. The summed E-state index contributed by atoms with van der Waals surface area (Å²) in [5, 5.41) is 0. The van der Waals surface area contributed by atoms with Crippen LogP contribution in [0.3, 0.4) is 0 Å². The molecule has 0 N–H and O–H groups in total. The molecule has 0 aliphatic rings. The second kappa shape index (κ2) is 6.99. The third-order valence-electron chi connectivity index (χ3n) is 2.46. The van der Waals surface area contributed by atoms with Crippen molar-refractivity contribution in [3.8, 4) is 17.6 Å². The summed E-state index contributed by atoms with van der Waals surface area (Å²) in [6, 6.07) is 7.84. The van der Waals surface area contributed by atoms with E-state index in [0.29, 0.717) is 13.0 Å². The molecule has 0 bridgehead atoms. The van der Waals surface area contributed by atoms with E-state index in [9.17, 15) is 4.79 Å². The Morgan fingerprint density at radius 2 is 1.84 bits per heavy atom. The fraction of sp³-hybridized carbons (Fsp3) is 0.471. The number of rotatable bonds is 5. The molecule has 0 aliphatic heterocycles. The van der Waals surface area contributed by atoms with Gasteiger partial charge in [0.15, 0.2) is 0 Å². The van der Waals surface area contributed by atoms with Gasteiger partial charge in [0, 0.05) is 11.8 Å². The van der Waals surface area contributed by atoms with Crippen LogP contribution < -0.4 is 4.74 Å². The van der Waals surface area contributed by atoms with Crippen molar-refractivity contribution >= 4 is 5.78 Å². The van der Waals surface area contributed by atoms with Crippen molar-refractivity contribution in [2.24, 2.45) is 5.41 Å². The van der Waals surface area contributed by atoms with Gasteiger partial charge in [0.25, 0.3) is 0 Å². The molecule has 0 spiro atoms. The normalized spacial score (nSPS) is 10.5. The van der Waals surface area contributed by atoms with Gasteiger partial charge in [0.1, 0.15) is 18.1 Å². The van der Waals surface area contributed by atoms with E-state index in [0.717, 1.165) is 17.7 Å². The second-order valence-electron chi connectivity index (χ2n) is 5.69. The number of carbonyl (C=O) groups is 1. The highest BCUT2D eigenvalue weighted by Crippen LogP contribution is 2.14. The Labute approximate surface area is 116 Å². The van der Waals surface area contributed by atoms with E-state index in [1.54, 1.807) is 6.92 Å². The van der Waals surface area contributed by atoms with Crippen LogP contribution in [-0.2, 0) is 11.2 Å². The van der Waals surface area contributed by atoms with E-state index in [-0.39, 0.29) is 11.2 Å². The van der Waals surface area contributed by atoms with E-state index >= 15 is 0 Å². The van der Waals surface area contributed by atoms with Crippen LogP contribution in [0.5, 0.6) is 5.75 Å². The van der Waals surface area contributed by atoms with Crippen molar-refractivity contribution in [2.75, 3.05) is 6.61 Å². The number of ketones is 1. The van der Waals surface area contributed by atoms with Crippen LogP contribution in [0.4, 0.5) is 0 Å². The number of aryl methyl sites for hydroxylation is 1. The second-order valence-corrected chi connectivity index (χ2v) is 5.69. The van der Waals surface area contributed by atoms with Gasteiger partial charge in [0.2, 0.25) is 0 Å². The molecule has 0 amide bonds. The lowest BCUT2D eigenvalue weighted by Crippen LogP contribution is -2.01. The molecule has 19 heavy (non-hydrogen) atoms. The highest BCUT2D eigenvalue weighted by Gasteiger charge is 2.03. The maximum Gasteiger partial charge on any atom is 0.149 e. The SMILES string of the molecule is CC(=O)CCc1ccc(OCC#CC(C)(C)C)cc1. The smallest absolute Gasteiger partial charge is 0.149 e. The summed E-state index contributed by atoms with van der Waals surface area (Å²) in [7, 11) is 0. The predicted octanol–water partition coefficient (Wildman–Crippen LogP) is 3.64. The number of hydrogen-bond donors (Lipinski definition) is 0. The van der Waals surface area contributed by atoms with E-state index < -0.39 is 0 Å². The van der Waals surface area contributed by atoms with Crippen LogP contribution >= 0.6 is 0 Å². The van der Waals surface area contributed by atoms with Gasteiger partial charge in [-0.2, -0.15) is 0 Å². The lowest BCUT2D eigenvalue weighted by atomic mass is 9.98. The van der Waals surface area contributed by atoms with Crippen LogP contribution in [0.2, 0.25) is 0 Å². The topological polar surface area (TPSA) is 26.3 Å². The molecule has 1 aromatic carbocycles. The molecule has 2 heteroatoms. The molecule has 1 aromatic rings. The predicted molar refractivity (Wildman–Crippen MR) is 78.2 cm³/mol. The van der Waals surface area contributed by atoms with Gasteiger partial charge in [-0.25, -0.2) is 0 Å². The number of hydrogen-bond acceptors (Lipinski definition) is 2. The first-order valence-electron chi connectivity index (χ1n) is 6.58. The van der Waals surface area contributed by atoms with Gasteiger partial charge in [-0.1, -0.05) is 24.0 Å². The Kier molecular flexibility index (Phi) is 5.63. The Hall–Kier alpha value is -1.75. The molecule has 0 fully saturated rings. The average molecular weight is 258 g/mol. The highest BCUT2D eigenvalue weighted by atomic mass is 16.5. The molecule has 0 saturated heterocycles. The summed E-state index contributed by atoms with van der Waals surface area (Å²) in [5.74, 6) is 7.17. The first-order valence-corrected chi connectivity index (χ1v) is 6.58. The van der Waals surface area contributed by atoms with Crippen LogP contribution in [0.1, 0.15) is 39.7 Å². The van der Waals surface area contributed by atoms with Crippen molar-refractivity contribution in [1.29, 1.82) is 0 Å². The van der Waals surface area contributed by atoms with Gasteiger partial charge in [-0.05, 0) is 51.8 Å². The summed E-state index contributed by atoms with van der Waals surface area (Å²) in [6.07, 6.45) is 1.39. The van der Waals surface area contributed by atoms with Gasteiger partial charge in [-0.3, -0.25) is 0 Å². The highest BCUT2D eigenvalue weighted by molar-refractivity contribution is 5.75. The minimum Gasteiger partial charge on any atom is -0.481 e. The minimum absolute atomic E-state index is 0.0138. The van der Waals surface area contributed by atoms with Crippen molar-refractivity contribution in [2.45, 2.75) is 40.5 Å². The zero-order valence-corrected chi connectivity index (χ0v) is 12.2. The zero-order valence-electron chi connectivity index (χ0n) is 12.2. The van der Waals surface area contributed by atoms with Crippen molar-refractivity contribution in [3.05, 3.63) is 29.8 Å². The van der Waals surface area contributed by atoms with Crippen LogP contribution in [0.15, 0.2) is 24.3 Å². The first kappa shape index (κ1) is 15.3. The van der Waals surface area contributed by atoms with E-state index in [1.165, 1.54) is 0 Å². The summed E-state index contributed by atoms with van der Waals surface area (Å²) in [4.78, 5) is 10.9. The fourth-order valence-electron chi connectivity index (χ4n) is 1.49. The molecular weight excluding hydrogens is 236 g/mol. The standard InChI is InChI=1S/C17H22O2/c1-14(18)6-7-15-8-10-16(11-9-15)19-13-5-12-17(2,3)4/h8-11H,6-7,13H2,1-4H3. The number of Topliss-reactive ketones (excluding diaryl/α,β-unsaturated/α-hetero) is 1. The number of ether oxygens (including phenoxy) is 1. The average Bonchev–Trinajstić information content (AvgIpc) is 2.32. The quantitative estimate of drug-likeness (QED) is 0.754. The molecule has 2 nitrogen and oxygen atoms in total. The zero-order chi connectivity index (χ0) is 14.3. The first-order chi connectivity index (χ1) is 8.87. The van der Waals surface area contributed by atoms with E-state index in [4.69, 9.17) is 4.74 Å². The van der Waals surface area contributed by atoms with Crippen LogP contribution in [-0.4, -0.2) is 12.4 Å². The van der Waals surface area contributed by atoms with Gasteiger partial charge >= 0.3 is 0 Å². The maximum absolute atomic E-state index is 10.9. The van der Waals surface area contributed by atoms with Gasteiger partial charge in [0.05, 0.1) is 0 Å². The number of carbonyl (C=O) groups excluding carboxylic acids is 1. The molecule has 0 saturated carbocycles.